The van der Waals surface area contributed by atoms with Gasteiger partial charge in [-0.2, -0.15) is 0 Å². The molecule has 0 saturated heterocycles. The molecule has 0 fully saturated rings. The Morgan fingerprint density at radius 2 is 2.31 bits per heavy atom. The average Bonchev–Trinajstić information content (AvgIpc) is 2.17. The summed E-state index contributed by atoms with van der Waals surface area (Å²) in [6, 6.07) is 6.42. The lowest BCUT2D eigenvalue weighted by molar-refractivity contribution is -0.109. The lowest BCUT2D eigenvalue weighted by atomic mass is 9.84. The Labute approximate surface area is 91.7 Å². The van der Waals surface area contributed by atoms with Gasteiger partial charge in [-0.15, -0.1) is 0 Å². The van der Waals surface area contributed by atoms with E-state index >= 15 is 0 Å². The van der Waals surface area contributed by atoms with Gasteiger partial charge in [0.1, 0.15) is 6.29 Å². The fourth-order valence-electron chi connectivity index (χ4n) is 1.95. The van der Waals surface area contributed by atoms with E-state index in [1.807, 2.05) is 0 Å². The number of carbonyl (C=O) groups is 1. The highest BCUT2D eigenvalue weighted by Crippen LogP contribution is 2.30. The molecule has 0 spiro atoms. The van der Waals surface area contributed by atoms with Gasteiger partial charge in [-0.1, -0.05) is 6.07 Å². The molecule has 1 unspecified atom stereocenters. The average molecular weight is 286 g/mol. The minimum absolute atomic E-state index is 0.151. The minimum atomic E-state index is 0.151. The molecule has 0 N–H and O–H groups in total. The summed E-state index contributed by atoms with van der Waals surface area (Å²) in [5.74, 6) is 0.151. The molecule has 0 aliphatic heterocycles. The largest absolute Gasteiger partial charge is 0.303 e. The molecule has 0 saturated carbocycles. The Kier molecular flexibility index (Phi) is 2.67. The van der Waals surface area contributed by atoms with E-state index in [1.54, 1.807) is 0 Å². The monoisotopic (exact) mass is 286 g/mol. The Hall–Kier alpha value is -0.380. The van der Waals surface area contributed by atoms with Crippen LogP contribution in [-0.2, 0) is 11.2 Å². The fraction of sp³-hybridized carbons (Fsp3) is 0.364. The first-order chi connectivity index (χ1) is 6.31. The van der Waals surface area contributed by atoms with Gasteiger partial charge in [0.25, 0.3) is 0 Å². The van der Waals surface area contributed by atoms with Crippen LogP contribution in [0.2, 0.25) is 0 Å². The zero-order valence-electron chi connectivity index (χ0n) is 7.29. The van der Waals surface area contributed by atoms with Crippen LogP contribution >= 0.6 is 22.6 Å². The topological polar surface area (TPSA) is 17.1 Å². The summed E-state index contributed by atoms with van der Waals surface area (Å²) in [4.78, 5) is 10.8. The van der Waals surface area contributed by atoms with Gasteiger partial charge in [0.15, 0.2) is 0 Å². The van der Waals surface area contributed by atoms with Crippen molar-refractivity contribution in [3.8, 4) is 0 Å². The Bertz CT molecular complexity index is 333. The Morgan fingerprint density at radius 3 is 3.08 bits per heavy atom. The zero-order chi connectivity index (χ0) is 9.26. The molecule has 0 radical (unpaired) electrons. The van der Waals surface area contributed by atoms with Crippen molar-refractivity contribution in [2.75, 3.05) is 0 Å². The van der Waals surface area contributed by atoms with Crippen LogP contribution in [0.5, 0.6) is 0 Å². The maximum atomic E-state index is 10.8. The minimum Gasteiger partial charge on any atom is -0.303 e. The van der Waals surface area contributed by atoms with Gasteiger partial charge in [-0.25, -0.2) is 0 Å². The highest BCUT2D eigenvalue weighted by Gasteiger charge is 2.19. The zero-order valence-corrected chi connectivity index (χ0v) is 9.45. The highest BCUT2D eigenvalue weighted by atomic mass is 127. The van der Waals surface area contributed by atoms with Gasteiger partial charge in [-0.3, -0.25) is 0 Å². The van der Waals surface area contributed by atoms with Crippen LogP contribution in [0.3, 0.4) is 0 Å². The number of hydrogen-bond acceptors (Lipinski definition) is 1. The van der Waals surface area contributed by atoms with E-state index in [9.17, 15) is 4.79 Å². The standard InChI is InChI=1S/C11H11IO/c12-10-5-4-8-2-1-3-9(7-13)11(8)6-10/h4-7,9H,1-3H2. The third kappa shape index (κ3) is 1.77. The van der Waals surface area contributed by atoms with E-state index < -0.39 is 0 Å². The van der Waals surface area contributed by atoms with E-state index in [1.165, 1.54) is 14.7 Å². The smallest absolute Gasteiger partial charge is 0.127 e. The lowest BCUT2D eigenvalue weighted by Gasteiger charge is -2.21. The second-order valence-corrected chi connectivity index (χ2v) is 4.72. The third-order valence-corrected chi connectivity index (χ3v) is 3.30. The van der Waals surface area contributed by atoms with E-state index in [-0.39, 0.29) is 5.92 Å². The second kappa shape index (κ2) is 3.78. The quantitative estimate of drug-likeness (QED) is 0.573. The molecular formula is C11H11IO. The molecule has 1 aliphatic rings. The molecule has 2 heteroatoms. The maximum absolute atomic E-state index is 10.8. The summed E-state index contributed by atoms with van der Waals surface area (Å²) in [5.41, 5.74) is 2.62. The van der Waals surface area contributed by atoms with Crippen molar-refractivity contribution in [3.63, 3.8) is 0 Å². The molecule has 1 aromatic rings. The van der Waals surface area contributed by atoms with Crippen LogP contribution in [0.25, 0.3) is 0 Å². The predicted octanol–water partition coefficient (Wildman–Crippen LogP) is 2.91. The number of carbonyl (C=O) groups excluding carboxylic acids is 1. The van der Waals surface area contributed by atoms with E-state index in [4.69, 9.17) is 0 Å². The molecule has 13 heavy (non-hydrogen) atoms. The molecule has 1 aromatic carbocycles. The van der Waals surface area contributed by atoms with Crippen molar-refractivity contribution in [2.24, 2.45) is 0 Å². The first-order valence-electron chi connectivity index (χ1n) is 4.55. The van der Waals surface area contributed by atoms with Crippen LogP contribution < -0.4 is 0 Å². The van der Waals surface area contributed by atoms with Gasteiger partial charge in [0.2, 0.25) is 0 Å². The molecule has 1 atom stereocenters. The van der Waals surface area contributed by atoms with Crippen molar-refractivity contribution < 1.29 is 4.79 Å². The molecule has 0 bridgehead atoms. The summed E-state index contributed by atoms with van der Waals surface area (Å²) in [7, 11) is 0. The molecule has 1 nitrogen and oxygen atoms in total. The van der Waals surface area contributed by atoms with Crippen molar-refractivity contribution in [3.05, 3.63) is 32.9 Å². The van der Waals surface area contributed by atoms with Gasteiger partial charge >= 0.3 is 0 Å². The number of halogens is 1. The third-order valence-electron chi connectivity index (χ3n) is 2.63. The van der Waals surface area contributed by atoms with Crippen LogP contribution in [0.1, 0.15) is 29.9 Å². The molecule has 0 heterocycles. The number of hydrogen-bond donors (Lipinski definition) is 0. The number of benzene rings is 1. The summed E-state index contributed by atoms with van der Waals surface area (Å²) in [6.45, 7) is 0. The molecule has 68 valence electrons. The van der Waals surface area contributed by atoms with Gasteiger partial charge in [0.05, 0.1) is 0 Å². The Morgan fingerprint density at radius 1 is 1.46 bits per heavy atom. The normalized spacial score (nSPS) is 20.8. The molecule has 0 aromatic heterocycles. The first kappa shape index (κ1) is 9.19. The molecule has 1 aliphatic carbocycles. The first-order valence-corrected chi connectivity index (χ1v) is 5.63. The fourth-order valence-corrected chi connectivity index (χ4v) is 2.46. The van der Waals surface area contributed by atoms with E-state index in [0.29, 0.717) is 0 Å². The highest BCUT2D eigenvalue weighted by molar-refractivity contribution is 14.1. The molecule has 2 rings (SSSR count). The van der Waals surface area contributed by atoms with Crippen molar-refractivity contribution >= 4 is 28.9 Å². The molecule has 0 amide bonds. The Balaban J connectivity index is 2.47. The van der Waals surface area contributed by atoms with Gasteiger partial charge in [0, 0.05) is 9.49 Å². The number of fused-ring (bicyclic) bond motifs is 1. The summed E-state index contributed by atoms with van der Waals surface area (Å²) in [6.07, 6.45) is 4.40. The number of aryl methyl sites for hydroxylation is 1. The lowest BCUT2D eigenvalue weighted by Crippen LogP contribution is -2.10. The van der Waals surface area contributed by atoms with Gasteiger partial charge < -0.3 is 4.79 Å². The molecular weight excluding hydrogens is 275 g/mol. The van der Waals surface area contributed by atoms with Crippen molar-refractivity contribution in [1.82, 2.24) is 0 Å². The number of aldehydes is 1. The van der Waals surface area contributed by atoms with Crippen LogP contribution in [-0.4, -0.2) is 6.29 Å². The van der Waals surface area contributed by atoms with Crippen LogP contribution in [0.4, 0.5) is 0 Å². The summed E-state index contributed by atoms with van der Waals surface area (Å²) >= 11 is 2.30. The summed E-state index contributed by atoms with van der Waals surface area (Å²) < 4.78 is 1.23. The van der Waals surface area contributed by atoms with E-state index in [0.717, 1.165) is 25.5 Å². The SMILES string of the molecule is O=CC1CCCc2ccc(I)cc21. The van der Waals surface area contributed by atoms with Crippen LogP contribution in [0.15, 0.2) is 18.2 Å². The van der Waals surface area contributed by atoms with E-state index in [2.05, 4.69) is 40.8 Å². The number of rotatable bonds is 1. The second-order valence-electron chi connectivity index (χ2n) is 3.48. The summed E-state index contributed by atoms with van der Waals surface area (Å²) in [5, 5.41) is 0. The predicted molar refractivity (Wildman–Crippen MR) is 60.9 cm³/mol. The van der Waals surface area contributed by atoms with Crippen molar-refractivity contribution in [1.29, 1.82) is 0 Å². The van der Waals surface area contributed by atoms with Gasteiger partial charge in [-0.05, 0) is 65.1 Å². The maximum Gasteiger partial charge on any atom is 0.127 e. The van der Waals surface area contributed by atoms with Crippen molar-refractivity contribution in [2.45, 2.75) is 25.2 Å². The van der Waals surface area contributed by atoms with Crippen LogP contribution in [0, 0.1) is 3.57 Å².